The number of benzene rings is 2. The van der Waals surface area contributed by atoms with Gasteiger partial charge in [-0.15, -0.1) is 12.4 Å². The number of nitrogens with one attached hydrogen (secondary N) is 2. The molecule has 4 N–H and O–H groups in total. The summed E-state index contributed by atoms with van der Waals surface area (Å²) >= 11 is 0. The van der Waals surface area contributed by atoms with Gasteiger partial charge in [0.1, 0.15) is 0 Å². The monoisotopic (exact) mass is 423 g/mol. The van der Waals surface area contributed by atoms with E-state index in [2.05, 4.69) is 10.0 Å². The molecule has 0 saturated heterocycles. The van der Waals surface area contributed by atoms with Crippen molar-refractivity contribution in [3.63, 3.8) is 0 Å². The molecule has 1 aliphatic rings. The van der Waals surface area contributed by atoms with Gasteiger partial charge in [0, 0.05) is 23.8 Å². The topological polar surface area (TPSA) is 101 Å². The molecule has 1 fully saturated rings. The van der Waals surface area contributed by atoms with Crippen LogP contribution in [0.5, 0.6) is 0 Å². The maximum Gasteiger partial charge on any atom is 0.251 e. The molecule has 1 saturated carbocycles. The molecule has 2 aromatic carbocycles. The first-order valence-electron chi connectivity index (χ1n) is 9.19. The molecule has 0 atom stereocenters. The second-order valence-corrected chi connectivity index (χ2v) is 8.59. The number of carbonyl (C=O) groups excluding carboxylic acids is 1. The van der Waals surface area contributed by atoms with Crippen LogP contribution in [0.3, 0.4) is 0 Å². The maximum absolute atomic E-state index is 12.5. The molecule has 0 aromatic heterocycles. The minimum Gasteiger partial charge on any atom is -0.399 e. The SMILES string of the molecule is Cl.Nc1ccc(CCNC(=O)c2cccc(S(=O)(=O)NC3CCCC3)c2)cc1. The van der Waals surface area contributed by atoms with Gasteiger partial charge in [-0.25, -0.2) is 13.1 Å². The molecule has 0 bridgehead atoms. The molecule has 0 unspecified atom stereocenters. The van der Waals surface area contributed by atoms with Gasteiger partial charge in [0.2, 0.25) is 10.0 Å². The number of sulfonamides is 1. The number of carbonyl (C=O) groups is 1. The van der Waals surface area contributed by atoms with Gasteiger partial charge in [0.15, 0.2) is 0 Å². The summed E-state index contributed by atoms with van der Waals surface area (Å²) in [5.41, 5.74) is 7.76. The summed E-state index contributed by atoms with van der Waals surface area (Å²) < 4.78 is 27.8. The lowest BCUT2D eigenvalue weighted by atomic mass is 10.1. The Hall–Kier alpha value is -2.09. The molecular weight excluding hydrogens is 398 g/mol. The fraction of sp³-hybridized carbons (Fsp3) is 0.350. The standard InChI is InChI=1S/C20H25N3O3S.ClH/c21-17-10-8-15(9-11-17)12-13-22-20(24)16-4-3-7-19(14-16)27(25,26)23-18-5-1-2-6-18;/h3-4,7-11,14,18,23H,1-2,5-6,12-13,21H2,(H,22,24);1H. The Labute approximate surface area is 172 Å². The van der Waals surface area contributed by atoms with E-state index < -0.39 is 10.0 Å². The zero-order valence-corrected chi connectivity index (χ0v) is 17.2. The van der Waals surface area contributed by atoms with E-state index in [1.54, 1.807) is 12.1 Å². The van der Waals surface area contributed by atoms with Crippen LogP contribution in [0.1, 0.15) is 41.6 Å². The van der Waals surface area contributed by atoms with E-state index in [0.29, 0.717) is 24.2 Å². The lowest BCUT2D eigenvalue weighted by molar-refractivity contribution is 0.0954. The summed E-state index contributed by atoms with van der Waals surface area (Å²) in [7, 11) is -3.61. The molecule has 6 nitrogen and oxygen atoms in total. The fourth-order valence-corrected chi connectivity index (χ4v) is 4.59. The molecule has 0 aliphatic heterocycles. The van der Waals surface area contributed by atoms with Crippen LogP contribution in [0, 0.1) is 0 Å². The van der Waals surface area contributed by atoms with E-state index in [-0.39, 0.29) is 29.3 Å². The van der Waals surface area contributed by atoms with Gasteiger partial charge in [-0.3, -0.25) is 4.79 Å². The molecule has 2 aromatic rings. The third kappa shape index (κ3) is 5.95. The van der Waals surface area contributed by atoms with Gasteiger partial charge in [0.25, 0.3) is 5.91 Å². The predicted octanol–water partition coefficient (Wildman–Crippen LogP) is 2.88. The van der Waals surface area contributed by atoms with E-state index in [9.17, 15) is 13.2 Å². The van der Waals surface area contributed by atoms with Crippen molar-refractivity contribution in [2.45, 2.75) is 43.0 Å². The third-order valence-corrected chi connectivity index (χ3v) is 6.28. The molecule has 1 aliphatic carbocycles. The Morgan fingerprint density at radius 2 is 1.75 bits per heavy atom. The smallest absolute Gasteiger partial charge is 0.251 e. The molecule has 28 heavy (non-hydrogen) atoms. The van der Waals surface area contributed by atoms with E-state index in [1.165, 1.54) is 12.1 Å². The Bertz CT molecular complexity index is 895. The number of hydrogen-bond donors (Lipinski definition) is 3. The quantitative estimate of drug-likeness (QED) is 0.596. The van der Waals surface area contributed by atoms with Gasteiger partial charge in [-0.1, -0.05) is 31.0 Å². The summed E-state index contributed by atoms with van der Waals surface area (Å²) in [5.74, 6) is -0.289. The minimum absolute atomic E-state index is 0. The average molecular weight is 424 g/mol. The number of nitrogen functional groups attached to an aromatic ring is 1. The zero-order chi connectivity index (χ0) is 19.3. The Kier molecular flexibility index (Phi) is 7.86. The average Bonchev–Trinajstić information content (AvgIpc) is 3.15. The first-order chi connectivity index (χ1) is 12.9. The van der Waals surface area contributed by atoms with Crippen molar-refractivity contribution >= 4 is 34.0 Å². The number of halogens is 1. The van der Waals surface area contributed by atoms with Crippen molar-refractivity contribution in [1.29, 1.82) is 0 Å². The molecule has 1 amide bonds. The first kappa shape index (κ1) is 22.2. The van der Waals surface area contributed by atoms with Crippen LogP contribution in [-0.4, -0.2) is 26.9 Å². The number of rotatable bonds is 7. The predicted molar refractivity (Wildman–Crippen MR) is 113 cm³/mol. The fourth-order valence-electron chi connectivity index (χ4n) is 3.24. The van der Waals surface area contributed by atoms with E-state index in [1.807, 2.05) is 24.3 Å². The second-order valence-electron chi connectivity index (χ2n) is 6.88. The number of hydrogen-bond acceptors (Lipinski definition) is 4. The van der Waals surface area contributed by atoms with Gasteiger partial charge in [-0.2, -0.15) is 0 Å². The highest BCUT2D eigenvalue weighted by Crippen LogP contribution is 2.20. The van der Waals surface area contributed by atoms with E-state index in [4.69, 9.17) is 5.73 Å². The normalized spacial score (nSPS) is 14.4. The first-order valence-corrected chi connectivity index (χ1v) is 10.7. The van der Waals surface area contributed by atoms with E-state index in [0.717, 1.165) is 31.2 Å². The van der Waals surface area contributed by atoms with Crippen LogP contribution in [0.25, 0.3) is 0 Å². The lowest BCUT2D eigenvalue weighted by Crippen LogP contribution is -2.33. The van der Waals surface area contributed by atoms with Crippen molar-refractivity contribution < 1.29 is 13.2 Å². The number of nitrogens with two attached hydrogens (primary N) is 1. The Balaban J connectivity index is 0.00000280. The molecule has 8 heteroatoms. The molecule has 0 spiro atoms. The van der Waals surface area contributed by atoms with Gasteiger partial charge < -0.3 is 11.1 Å². The van der Waals surface area contributed by atoms with Crippen LogP contribution in [0.15, 0.2) is 53.4 Å². The lowest BCUT2D eigenvalue weighted by Gasteiger charge is -2.13. The zero-order valence-electron chi connectivity index (χ0n) is 15.6. The van der Waals surface area contributed by atoms with Crippen molar-refractivity contribution in [2.24, 2.45) is 0 Å². The Morgan fingerprint density at radius 1 is 1.07 bits per heavy atom. The van der Waals surface area contributed by atoms with Crippen molar-refractivity contribution in [2.75, 3.05) is 12.3 Å². The highest BCUT2D eigenvalue weighted by Gasteiger charge is 2.23. The van der Waals surface area contributed by atoms with Crippen molar-refractivity contribution in [3.8, 4) is 0 Å². The number of amides is 1. The summed E-state index contributed by atoms with van der Waals surface area (Å²) in [6, 6.07) is 13.6. The van der Waals surface area contributed by atoms with Crippen LogP contribution in [-0.2, 0) is 16.4 Å². The summed E-state index contributed by atoms with van der Waals surface area (Å²) in [5, 5.41) is 2.83. The highest BCUT2D eigenvalue weighted by molar-refractivity contribution is 7.89. The summed E-state index contributed by atoms with van der Waals surface area (Å²) in [6.07, 6.45) is 4.50. The summed E-state index contributed by atoms with van der Waals surface area (Å²) in [4.78, 5) is 12.5. The molecular formula is C20H26ClN3O3S. The van der Waals surface area contributed by atoms with Crippen LogP contribution in [0.4, 0.5) is 5.69 Å². The molecule has 0 heterocycles. The van der Waals surface area contributed by atoms with Crippen LogP contribution in [0.2, 0.25) is 0 Å². The number of anilines is 1. The molecule has 3 rings (SSSR count). The van der Waals surface area contributed by atoms with Crippen LogP contribution >= 0.6 is 12.4 Å². The van der Waals surface area contributed by atoms with E-state index >= 15 is 0 Å². The molecule has 0 radical (unpaired) electrons. The summed E-state index contributed by atoms with van der Waals surface area (Å²) in [6.45, 7) is 0.458. The highest BCUT2D eigenvalue weighted by atomic mass is 35.5. The maximum atomic E-state index is 12.5. The second kappa shape index (κ2) is 9.91. The third-order valence-electron chi connectivity index (χ3n) is 4.76. The van der Waals surface area contributed by atoms with Crippen molar-refractivity contribution in [1.82, 2.24) is 10.0 Å². The largest absolute Gasteiger partial charge is 0.399 e. The molecule has 152 valence electrons. The van der Waals surface area contributed by atoms with Gasteiger partial charge >= 0.3 is 0 Å². The van der Waals surface area contributed by atoms with Crippen LogP contribution < -0.4 is 15.8 Å². The minimum atomic E-state index is -3.61. The van der Waals surface area contributed by atoms with Gasteiger partial charge in [0.05, 0.1) is 4.90 Å². The van der Waals surface area contributed by atoms with Crippen molar-refractivity contribution in [3.05, 3.63) is 59.7 Å². The Morgan fingerprint density at radius 3 is 2.43 bits per heavy atom. The van der Waals surface area contributed by atoms with Gasteiger partial charge in [-0.05, 0) is 55.2 Å².